The fourth-order valence-electron chi connectivity index (χ4n) is 2.71. The molecule has 1 fully saturated rings. The summed E-state index contributed by atoms with van der Waals surface area (Å²) < 4.78 is 0. The second-order valence-electron chi connectivity index (χ2n) is 5.58. The SMILES string of the molecule is CCNc1nc(C2(c3ccccc3)CC2)nc(C)c1C. The molecule has 1 aromatic heterocycles. The van der Waals surface area contributed by atoms with Crippen molar-refractivity contribution in [2.75, 3.05) is 11.9 Å². The third-order valence-corrected chi connectivity index (χ3v) is 4.24. The van der Waals surface area contributed by atoms with Gasteiger partial charge in [-0.3, -0.25) is 0 Å². The lowest BCUT2D eigenvalue weighted by Gasteiger charge is -2.18. The number of rotatable bonds is 4. The molecule has 3 nitrogen and oxygen atoms in total. The second-order valence-corrected chi connectivity index (χ2v) is 5.58. The molecule has 0 bridgehead atoms. The van der Waals surface area contributed by atoms with Crippen molar-refractivity contribution in [3.05, 3.63) is 53.0 Å². The Morgan fingerprint density at radius 2 is 1.80 bits per heavy atom. The maximum absolute atomic E-state index is 4.81. The molecule has 1 aliphatic rings. The Morgan fingerprint density at radius 3 is 2.40 bits per heavy atom. The third kappa shape index (κ3) is 2.07. The van der Waals surface area contributed by atoms with Gasteiger partial charge in [0.25, 0.3) is 0 Å². The van der Waals surface area contributed by atoms with Crippen LogP contribution in [0.5, 0.6) is 0 Å². The number of aryl methyl sites for hydroxylation is 1. The summed E-state index contributed by atoms with van der Waals surface area (Å²) in [7, 11) is 0. The molecule has 0 spiro atoms. The summed E-state index contributed by atoms with van der Waals surface area (Å²) in [6.45, 7) is 7.14. The highest BCUT2D eigenvalue weighted by molar-refractivity contribution is 5.49. The van der Waals surface area contributed by atoms with Crippen molar-refractivity contribution >= 4 is 5.82 Å². The van der Waals surface area contributed by atoms with E-state index in [4.69, 9.17) is 9.97 Å². The largest absolute Gasteiger partial charge is 0.370 e. The summed E-state index contributed by atoms with van der Waals surface area (Å²) in [4.78, 5) is 9.59. The zero-order valence-corrected chi connectivity index (χ0v) is 12.4. The van der Waals surface area contributed by atoms with Gasteiger partial charge < -0.3 is 5.32 Å². The van der Waals surface area contributed by atoms with Crippen LogP contribution >= 0.6 is 0 Å². The number of aromatic nitrogens is 2. The molecule has 3 heteroatoms. The van der Waals surface area contributed by atoms with Crippen LogP contribution < -0.4 is 5.32 Å². The van der Waals surface area contributed by atoms with Crippen LogP contribution in [0.25, 0.3) is 0 Å². The number of benzene rings is 1. The van der Waals surface area contributed by atoms with Gasteiger partial charge in [-0.1, -0.05) is 30.3 Å². The predicted molar refractivity (Wildman–Crippen MR) is 82.1 cm³/mol. The van der Waals surface area contributed by atoms with Crippen LogP contribution in [0.1, 0.15) is 42.4 Å². The molecule has 0 radical (unpaired) electrons. The molecule has 104 valence electrons. The molecule has 20 heavy (non-hydrogen) atoms. The molecule has 0 aliphatic heterocycles. The zero-order chi connectivity index (χ0) is 14.2. The highest BCUT2D eigenvalue weighted by atomic mass is 15.0. The van der Waals surface area contributed by atoms with E-state index in [1.165, 1.54) is 5.56 Å². The van der Waals surface area contributed by atoms with Gasteiger partial charge in [0, 0.05) is 17.8 Å². The van der Waals surface area contributed by atoms with Crippen molar-refractivity contribution in [2.45, 2.75) is 39.0 Å². The highest BCUT2D eigenvalue weighted by Gasteiger charge is 2.48. The van der Waals surface area contributed by atoms with E-state index in [-0.39, 0.29) is 5.41 Å². The quantitative estimate of drug-likeness (QED) is 0.919. The molecule has 1 heterocycles. The smallest absolute Gasteiger partial charge is 0.141 e. The molecule has 0 unspecified atom stereocenters. The topological polar surface area (TPSA) is 37.8 Å². The van der Waals surface area contributed by atoms with Gasteiger partial charge in [-0.05, 0) is 39.2 Å². The molecule has 1 saturated carbocycles. The normalized spacial score (nSPS) is 15.9. The van der Waals surface area contributed by atoms with Gasteiger partial charge in [0.05, 0.1) is 5.41 Å². The molecule has 0 saturated heterocycles. The van der Waals surface area contributed by atoms with Crippen molar-refractivity contribution in [1.29, 1.82) is 0 Å². The average molecular weight is 267 g/mol. The lowest BCUT2D eigenvalue weighted by Crippen LogP contribution is -2.17. The minimum atomic E-state index is 0.0455. The maximum atomic E-state index is 4.81. The van der Waals surface area contributed by atoms with Crippen LogP contribution in [0.2, 0.25) is 0 Å². The molecule has 0 atom stereocenters. The summed E-state index contributed by atoms with van der Waals surface area (Å²) >= 11 is 0. The minimum Gasteiger partial charge on any atom is -0.370 e. The zero-order valence-electron chi connectivity index (χ0n) is 12.4. The van der Waals surface area contributed by atoms with Crippen LogP contribution in [0, 0.1) is 13.8 Å². The van der Waals surface area contributed by atoms with E-state index in [0.717, 1.165) is 42.3 Å². The Bertz CT molecular complexity index is 616. The number of nitrogens with zero attached hydrogens (tertiary/aromatic N) is 2. The molecule has 0 amide bonds. The first-order valence-electron chi connectivity index (χ1n) is 7.32. The fraction of sp³-hybridized carbons (Fsp3) is 0.412. The maximum Gasteiger partial charge on any atom is 0.141 e. The van der Waals surface area contributed by atoms with E-state index in [0.29, 0.717) is 0 Å². The Balaban J connectivity index is 2.07. The molecule has 1 aromatic carbocycles. The van der Waals surface area contributed by atoms with Crippen LogP contribution in [0.3, 0.4) is 0 Å². The molecule has 3 rings (SSSR count). The molecular formula is C17H21N3. The molecular weight excluding hydrogens is 246 g/mol. The van der Waals surface area contributed by atoms with Gasteiger partial charge in [-0.2, -0.15) is 0 Å². The second kappa shape index (κ2) is 4.89. The van der Waals surface area contributed by atoms with Crippen LogP contribution in [-0.4, -0.2) is 16.5 Å². The summed E-state index contributed by atoms with van der Waals surface area (Å²) in [5, 5.41) is 3.36. The molecule has 2 aromatic rings. The minimum absolute atomic E-state index is 0.0455. The highest BCUT2D eigenvalue weighted by Crippen LogP contribution is 2.52. The Morgan fingerprint density at radius 1 is 1.10 bits per heavy atom. The fourth-order valence-corrected chi connectivity index (χ4v) is 2.71. The number of hydrogen-bond acceptors (Lipinski definition) is 3. The van der Waals surface area contributed by atoms with Crippen molar-refractivity contribution in [3.8, 4) is 0 Å². The predicted octanol–water partition coefficient (Wildman–Crippen LogP) is 3.61. The van der Waals surface area contributed by atoms with Gasteiger partial charge in [0.2, 0.25) is 0 Å². The van der Waals surface area contributed by atoms with E-state index >= 15 is 0 Å². The van der Waals surface area contributed by atoms with Gasteiger partial charge in [0.15, 0.2) is 0 Å². The summed E-state index contributed by atoms with van der Waals surface area (Å²) in [5.74, 6) is 1.96. The van der Waals surface area contributed by atoms with Crippen LogP contribution in [0.15, 0.2) is 30.3 Å². The van der Waals surface area contributed by atoms with E-state index < -0.39 is 0 Å². The average Bonchev–Trinajstić information content (AvgIpc) is 3.26. The van der Waals surface area contributed by atoms with Crippen molar-refractivity contribution < 1.29 is 0 Å². The van der Waals surface area contributed by atoms with Crippen molar-refractivity contribution in [3.63, 3.8) is 0 Å². The van der Waals surface area contributed by atoms with Gasteiger partial charge in [-0.25, -0.2) is 9.97 Å². The van der Waals surface area contributed by atoms with E-state index in [1.54, 1.807) is 0 Å². The first kappa shape index (κ1) is 13.1. The Kier molecular flexibility index (Phi) is 3.20. The van der Waals surface area contributed by atoms with E-state index in [1.807, 2.05) is 0 Å². The van der Waals surface area contributed by atoms with Gasteiger partial charge in [0.1, 0.15) is 11.6 Å². The monoisotopic (exact) mass is 267 g/mol. The molecule has 1 aliphatic carbocycles. The van der Waals surface area contributed by atoms with E-state index in [2.05, 4.69) is 56.4 Å². The lowest BCUT2D eigenvalue weighted by atomic mass is 9.95. The molecule has 1 N–H and O–H groups in total. The van der Waals surface area contributed by atoms with Gasteiger partial charge >= 0.3 is 0 Å². The summed E-state index contributed by atoms with van der Waals surface area (Å²) in [6.07, 6.45) is 2.29. The lowest BCUT2D eigenvalue weighted by molar-refractivity contribution is 0.745. The Labute approximate surface area is 120 Å². The standard InChI is InChI=1S/C17H21N3/c1-4-18-15-12(2)13(3)19-16(20-15)17(10-11-17)14-8-6-5-7-9-14/h5-9H,4,10-11H2,1-3H3,(H,18,19,20). The van der Waals surface area contributed by atoms with Crippen LogP contribution in [-0.2, 0) is 5.41 Å². The van der Waals surface area contributed by atoms with Crippen molar-refractivity contribution in [2.24, 2.45) is 0 Å². The van der Waals surface area contributed by atoms with Gasteiger partial charge in [-0.15, -0.1) is 0 Å². The Hall–Kier alpha value is -1.90. The number of anilines is 1. The van der Waals surface area contributed by atoms with Crippen LogP contribution in [0.4, 0.5) is 5.82 Å². The summed E-state index contributed by atoms with van der Waals surface area (Å²) in [6, 6.07) is 10.6. The number of nitrogens with one attached hydrogen (secondary N) is 1. The first-order valence-corrected chi connectivity index (χ1v) is 7.32. The first-order chi connectivity index (χ1) is 9.67. The van der Waals surface area contributed by atoms with E-state index in [9.17, 15) is 0 Å². The number of hydrogen-bond donors (Lipinski definition) is 1. The third-order valence-electron chi connectivity index (χ3n) is 4.24. The van der Waals surface area contributed by atoms with Crippen molar-refractivity contribution in [1.82, 2.24) is 9.97 Å². The summed E-state index contributed by atoms with van der Waals surface area (Å²) in [5.41, 5.74) is 3.61.